The molecule has 1 unspecified atom stereocenters. The molecule has 8 nitrogen and oxygen atoms in total. The molecule has 3 aromatic heterocycles. The molecule has 3 aromatic rings. The zero-order valence-electron chi connectivity index (χ0n) is 17.7. The lowest BCUT2D eigenvalue weighted by molar-refractivity contribution is 0.353. The highest BCUT2D eigenvalue weighted by Crippen LogP contribution is 2.32. The maximum absolute atomic E-state index is 4.85. The largest absolute Gasteiger partial charge is 0.362 e. The van der Waals surface area contributed by atoms with Gasteiger partial charge >= 0.3 is 0 Å². The number of anilines is 2. The van der Waals surface area contributed by atoms with E-state index in [9.17, 15) is 0 Å². The van der Waals surface area contributed by atoms with Crippen LogP contribution in [0.15, 0.2) is 36.7 Å². The van der Waals surface area contributed by atoms with Crippen LogP contribution in [0.1, 0.15) is 25.7 Å². The number of fused-ring (bicyclic) bond motifs is 2. The molecule has 5 rings (SSSR count). The highest BCUT2D eigenvalue weighted by Gasteiger charge is 2.35. The summed E-state index contributed by atoms with van der Waals surface area (Å²) in [6.45, 7) is 0. The van der Waals surface area contributed by atoms with E-state index in [1.165, 1.54) is 25.7 Å². The van der Waals surface area contributed by atoms with Gasteiger partial charge in [0.1, 0.15) is 11.5 Å². The minimum Gasteiger partial charge on any atom is -0.362 e. The van der Waals surface area contributed by atoms with Crippen LogP contribution in [0, 0.1) is 0 Å². The molecule has 0 saturated carbocycles. The molecular weight excluding hydrogens is 376 g/mol. The van der Waals surface area contributed by atoms with Crippen LogP contribution < -0.4 is 15.1 Å². The number of piperidine rings is 1. The Morgan fingerprint density at radius 1 is 0.933 bits per heavy atom. The number of hydrogen-bond donors (Lipinski definition) is 2. The summed E-state index contributed by atoms with van der Waals surface area (Å²) in [4.78, 5) is 9.15. The van der Waals surface area contributed by atoms with Gasteiger partial charge in [0.15, 0.2) is 5.82 Å². The Balaban J connectivity index is 1.38. The molecule has 8 heteroatoms. The second-order valence-electron chi connectivity index (χ2n) is 8.60. The zero-order valence-corrected chi connectivity index (χ0v) is 17.7. The fourth-order valence-corrected chi connectivity index (χ4v) is 4.74. The van der Waals surface area contributed by atoms with Gasteiger partial charge in [-0.25, -0.2) is 4.98 Å². The quantitative estimate of drug-likeness (QED) is 0.676. The number of aromatic amines is 1. The summed E-state index contributed by atoms with van der Waals surface area (Å²) in [7, 11) is 6.12. The van der Waals surface area contributed by atoms with Gasteiger partial charge in [0.25, 0.3) is 0 Å². The van der Waals surface area contributed by atoms with Crippen molar-refractivity contribution in [2.24, 2.45) is 0 Å². The van der Waals surface area contributed by atoms with Gasteiger partial charge in [0, 0.05) is 56.6 Å². The summed E-state index contributed by atoms with van der Waals surface area (Å²) >= 11 is 0. The molecule has 0 spiro atoms. The van der Waals surface area contributed by atoms with Crippen LogP contribution in [0.3, 0.4) is 0 Å². The van der Waals surface area contributed by atoms with E-state index in [1.807, 2.05) is 37.3 Å². The van der Waals surface area contributed by atoms with Crippen LogP contribution in [0.25, 0.3) is 22.5 Å². The van der Waals surface area contributed by atoms with Crippen molar-refractivity contribution in [3.05, 3.63) is 36.7 Å². The van der Waals surface area contributed by atoms with Crippen molar-refractivity contribution in [2.45, 2.75) is 43.8 Å². The number of pyridine rings is 1. The predicted octanol–water partition coefficient (Wildman–Crippen LogP) is 2.71. The summed E-state index contributed by atoms with van der Waals surface area (Å²) in [5, 5.41) is 19.7. The molecule has 2 aliphatic rings. The Bertz CT molecular complexity index is 986. The highest BCUT2D eigenvalue weighted by molar-refractivity contribution is 5.77. The van der Waals surface area contributed by atoms with Gasteiger partial charge in [-0.2, -0.15) is 5.10 Å². The molecule has 30 heavy (non-hydrogen) atoms. The molecule has 0 radical (unpaired) electrons. The van der Waals surface area contributed by atoms with Crippen LogP contribution in [0.5, 0.6) is 0 Å². The molecule has 156 valence electrons. The molecular formula is C22H28N8. The Hall–Kier alpha value is -3.00. The van der Waals surface area contributed by atoms with Crippen LogP contribution in [-0.2, 0) is 0 Å². The lowest BCUT2D eigenvalue weighted by Gasteiger charge is -2.36. The number of hydrogen-bond acceptors (Lipinski definition) is 7. The monoisotopic (exact) mass is 404 g/mol. The Kier molecular flexibility index (Phi) is 4.86. The number of aromatic nitrogens is 5. The van der Waals surface area contributed by atoms with E-state index in [2.05, 4.69) is 49.8 Å². The smallest absolute Gasteiger partial charge is 0.151 e. The van der Waals surface area contributed by atoms with Gasteiger partial charge in [-0.15, -0.1) is 10.2 Å². The summed E-state index contributed by atoms with van der Waals surface area (Å²) in [5.41, 5.74) is 3.63. The second-order valence-corrected chi connectivity index (χ2v) is 8.60. The van der Waals surface area contributed by atoms with Crippen LogP contribution in [0.2, 0.25) is 0 Å². The first-order valence-electron chi connectivity index (χ1n) is 10.6. The molecule has 0 amide bonds. The first kappa shape index (κ1) is 19.0. The first-order chi connectivity index (χ1) is 14.6. The standard InChI is InChI=1S/C22H28N8/c1-29(2)22-18(14-12-23-24-13-14)6-7-19(26-22)20-8-9-21(28-27-20)30(3)17-10-15-4-5-16(11-17)25-15/h6-9,12-13,15-17,25H,4-5,10-11H2,1-3H3,(H,23,24)/t15-,16+,17?. The summed E-state index contributed by atoms with van der Waals surface area (Å²) < 4.78 is 0. The van der Waals surface area contributed by atoms with Crippen LogP contribution in [0.4, 0.5) is 11.6 Å². The van der Waals surface area contributed by atoms with Crippen molar-refractivity contribution in [3.8, 4) is 22.5 Å². The normalized spacial score (nSPS) is 22.8. The Morgan fingerprint density at radius 3 is 2.33 bits per heavy atom. The molecule has 0 aromatic carbocycles. The van der Waals surface area contributed by atoms with Crippen molar-refractivity contribution in [1.29, 1.82) is 0 Å². The Morgan fingerprint density at radius 2 is 1.70 bits per heavy atom. The molecule has 2 fully saturated rings. The van der Waals surface area contributed by atoms with Crippen molar-refractivity contribution < 1.29 is 0 Å². The number of nitrogens with one attached hydrogen (secondary N) is 2. The number of rotatable bonds is 5. The second kappa shape index (κ2) is 7.68. The summed E-state index contributed by atoms with van der Waals surface area (Å²) in [5.74, 6) is 1.80. The van der Waals surface area contributed by atoms with Gasteiger partial charge in [-0.3, -0.25) is 5.10 Å². The minimum atomic E-state index is 0.525. The molecule has 2 saturated heterocycles. The van der Waals surface area contributed by atoms with Crippen molar-refractivity contribution in [2.75, 3.05) is 30.9 Å². The number of H-pyrrole nitrogens is 1. The van der Waals surface area contributed by atoms with E-state index in [-0.39, 0.29) is 0 Å². The van der Waals surface area contributed by atoms with E-state index >= 15 is 0 Å². The molecule has 2 aliphatic heterocycles. The van der Waals surface area contributed by atoms with Crippen LogP contribution in [-0.4, -0.2) is 64.6 Å². The fraction of sp³-hybridized carbons (Fsp3) is 0.455. The van der Waals surface area contributed by atoms with E-state index in [4.69, 9.17) is 4.98 Å². The third-order valence-corrected chi connectivity index (χ3v) is 6.38. The lowest BCUT2D eigenvalue weighted by atomic mass is 9.98. The molecule has 3 atom stereocenters. The average molecular weight is 405 g/mol. The van der Waals surface area contributed by atoms with Crippen molar-refractivity contribution in [1.82, 2.24) is 30.7 Å². The molecule has 5 heterocycles. The predicted molar refractivity (Wildman–Crippen MR) is 119 cm³/mol. The first-order valence-corrected chi connectivity index (χ1v) is 10.6. The van der Waals surface area contributed by atoms with E-state index < -0.39 is 0 Å². The summed E-state index contributed by atoms with van der Waals surface area (Å²) in [6, 6.07) is 9.98. The topological polar surface area (TPSA) is 85.9 Å². The Labute approximate surface area is 176 Å². The van der Waals surface area contributed by atoms with Gasteiger partial charge in [-0.05, 0) is 49.9 Å². The maximum atomic E-state index is 4.85. The van der Waals surface area contributed by atoms with Crippen molar-refractivity contribution >= 4 is 11.6 Å². The van der Waals surface area contributed by atoms with Crippen LogP contribution >= 0.6 is 0 Å². The maximum Gasteiger partial charge on any atom is 0.151 e. The number of nitrogens with zero attached hydrogens (tertiary/aromatic N) is 6. The minimum absolute atomic E-state index is 0.525. The average Bonchev–Trinajstić information content (AvgIpc) is 3.42. The van der Waals surface area contributed by atoms with Crippen molar-refractivity contribution in [3.63, 3.8) is 0 Å². The molecule has 2 N–H and O–H groups in total. The molecule has 2 bridgehead atoms. The molecule has 0 aliphatic carbocycles. The van der Waals surface area contributed by atoms with E-state index in [0.717, 1.165) is 34.2 Å². The van der Waals surface area contributed by atoms with E-state index in [0.29, 0.717) is 18.1 Å². The van der Waals surface area contributed by atoms with Gasteiger partial charge in [-0.1, -0.05) is 0 Å². The van der Waals surface area contributed by atoms with Gasteiger partial charge < -0.3 is 15.1 Å². The summed E-state index contributed by atoms with van der Waals surface area (Å²) in [6.07, 6.45) is 8.64. The fourth-order valence-electron chi connectivity index (χ4n) is 4.74. The van der Waals surface area contributed by atoms with E-state index in [1.54, 1.807) is 6.20 Å². The van der Waals surface area contributed by atoms with Gasteiger partial charge in [0.05, 0.1) is 11.9 Å². The highest BCUT2D eigenvalue weighted by atomic mass is 15.3. The van der Waals surface area contributed by atoms with Gasteiger partial charge in [0.2, 0.25) is 0 Å². The lowest BCUT2D eigenvalue weighted by Crippen LogP contribution is -2.47. The SMILES string of the molecule is CN(C)c1nc(-c2ccc(N(C)C3C[C@H]4CC[C@@H](C3)N4)nn2)ccc1-c1cn[nH]c1. The third-order valence-electron chi connectivity index (χ3n) is 6.38. The zero-order chi connectivity index (χ0) is 20.7. The third kappa shape index (κ3) is 3.52.